The molecule has 0 spiro atoms. The first-order valence-corrected chi connectivity index (χ1v) is 7.22. The minimum Gasteiger partial charge on any atom is -0.396 e. The van der Waals surface area contributed by atoms with Crippen molar-refractivity contribution in [3.63, 3.8) is 0 Å². The van der Waals surface area contributed by atoms with Crippen LogP contribution in [0.2, 0.25) is 0 Å². The van der Waals surface area contributed by atoms with Crippen molar-refractivity contribution in [2.24, 2.45) is 23.7 Å². The van der Waals surface area contributed by atoms with Crippen LogP contribution in [0, 0.1) is 23.7 Å². The molecule has 0 aliphatic heterocycles. The van der Waals surface area contributed by atoms with Crippen molar-refractivity contribution < 1.29 is 15.3 Å². The van der Waals surface area contributed by atoms with Crippen LogP contribution in [-0.4, -0.2) is 35.1 Å². The number of fused-ring (bicyclic) bond motifs is 1. The van der Waals surface area contributed by atoms with Gasteiger partial charge in [-0.15, -0.1) is 0 Å². The van der Waals surface area contributed by atoms with Crippen LogP contribution < -0.4 is 0 Å². The summed E-state index contributed by atoms with van der Waals surface area (Å²) in [7, 11) is 0. The van der Waals surface area contributed by atoms with Crippen molar-refractivity contribution in [1.82, 2.24) is 0 Å². The first kappa shape index (κ1) is 14.0. The van der Waals surface area contributed by atoms with Crippen LogP contribution in [0.15, 0.2) is 11.1 Å². The molecule has 3 atom stereocenters. The highest BCUT2D eigenvalue weighted by Crippen LogP contribution is 2.46. The Bertz CT molecular complexity index is 307. The normalized spacial score (nSPS) is 32.8. The fourth-order valence-electron chi connectivity index (χ4n) is 3.86. The number of allylic oxidation sites excluding steroid dienone is 2. The quantitative estimate of drug-likeness (QED) is 0.670. The summed E-state index contributed by atoms with van der Waals surface area (Å²) in [6.45, 7) is 2.68. The van der Waals surface area contributed by atoms with Crippen molar-refractivity contribution in [1.29, 1.82) is 0 Å². The highest BCUT2D eigenvalue weighted by Gasteiger charge is 2.36. The van der Waals surface area contributed by atoms with Crippen LogP contribution in [0.25, 0.3) is 0 Å². The molecule has 2 aliphatic rings. The molecule has 0 radical (unpaired) electrons. The maximum atomic E-state index is 9.48. The lowest BCUT2D eigenvalue weighted by Crippen LogP contribution is -2.34. The zero-order valence-corrected chi connectivity index (χ0v) is 11.3. The van der Waals surface area contributed by atoms with Crippen molar-refractivity contribution in [2.45, 2.75) is 39.0 Å². The van der Waals surface area contributed by atoms with Gasteiger partial charge in [0.15, 0.2) is 0 Å². The number of rotatable bonds is 4. The smallest absolute Gasteiger partial charge is 0.0483 e. The number of aliphatic hydroxyl groups excluding tert-OH is 3. The molecule has 0 amide bonds. The Kier molecular flexibility index (Phi) is 4.82. The lowest BCUT2D eigenvalue weighted by atomic mass is 9.64. The highest BCUT2D eigenvalue weighted by molar-refractivity contribution is 5.22. The minimum absolute atomic E-state index is 0.0285. The van der Waals surface area contributed by atoms with Crippen LogP contribution in [-0.2, 0) is 0 Å². The monoisotopic (exact) mass is 254 g/mol. The van der Waals surface area contributed by atoms with Gasteiger partial charge in [0, 0.05) is 25.7 Å². The molecule has 0 aromatic heterocycles. The van der Waals surface area contributed by atoms with E-state index in [1.54, 1.807) is 0 Å². The number of hydrogen-bond acceptors (Lipinski definition) is 3. The van der Waals surface area contributed by atoms with Crippen LogP contribution in [0.3, 0.4) is 0 Å². The maximum Gasteiger partial charge on any atom is 0.0483 e. The molecule has 0 aromatic carbocycles. The van der Waals surface area contributed by atoms with E-state index in [0.717, 1.165) is 32.1 Å². The topological polar surface area (TPSA) is 60.7 Å². The highest BCUT2D eigenvalue weighted by atomic mass is 16.3. The van der Waals surface area contributed by atoms with Crippen molar-refractivity contribution in [3.8, 4) is 0 Å². The first-order valence-electron chi connectivity index (χ1n) is 7.22. The lowest BCUT2D eigenvalue weighted by Gasteiger charge is -2.41. The van der Waals surface area contributed by atoms with Gasteiger partial charge in [-0.25, -0.2) is 0 Å². The molecule has 3 nitrogen and oxygen atoms in total. The standard InChI is InChI=1S/C15H26O3/c1-10-2-3-12(7-16)14-5-4-11(6-15(10)14)13(8-17)9-18/h11-14,16-18H,2-9H2,1H3. The van der Waals surface area contributed by atoms with Gasteiger partial charge in [0.05, 0.1) is 0 Å². The third-order valence-electron chi connectivity index (χ3n) is 5.16. The van der Waals surface area contributed by atoms with Crippen LogP contribution >= 0.6 is 0 Å². The summed E-state index contributed by atoms with van der Waals surface area (Å²) < 4.78 is 0. The third kappa shape index (κ3) is 2.63. The fraction of sp³-hybridized carbons (Fsp3) is 0.867. The van der Waals surface area contributed by atoms with Gasteiger partial charge >= 0.3 is 0 Å². The van der Waals surface area contributed by atoms with Gasteiger partial charge in [-0.2, -0.15) is 0 Å². The van der Waals surface area contributed by atoms with E-state index >= 15 is 0 Å². The Balaban J connectivity index is 2.11. The molecule has 104 valence electrons. The molecular formula is C15H26O3. The second-order valence-corrected chi connectivity index (χ2v) is 6.06. The van der Waals surface area contributed by atoms with Gasteiger partial charge in [-0.1, -0.05) is 11.1 Å². The molecule has 18 heavy (non-hydrogen) atoms. The Morgan fingerprint density at radius 3 is 2.44 bits per heavy atom. The van der Waals surface area contributed by atoms with Crippen molar-refractivity contribution in [2.75, 3.05) is 19.8 Å². The molecule has 0 bridgehead atoms. The SMILES string of the molecule is CC1=C2CC(C(CO)CO)CCC2C(CO)CC1. The number of aliphatic hydroxyl groups is 3. The zero-order chi connectivity index (χ0) is 13.1. The van der Waals surface area contributed by atoms with Gasteiger partial charge in [0.2, 0.25) is 0 Å². The largest absolute Gasteiger partial charge is 0.396 e. The summed E-state index contributed by atoms with van der Waals surface area (Å²) in [6, 6.07) is 0. The van der Waals surface area contributed by atoms with Gasteiger partial charge < -0.3 is 15.3 Å². The minimum atomic E-state index is 0.0285. The maximum absolute atomic E-state index is 9.48. The summed E-state index contributed by atoms with van der Waals surface area (Å²) in [6.07, 6.45) is 5.42. The van der Waals surface area contributed by atoms with Gasteiger partial charge in [-0.3, -0.25) is 0 Å². The van der Waals surface area contributed by atoms with E-state index < -0.39 is 0 Å². The second-order valence-electron chi connectivity index (χ2n) is 6.06. The first-order chi connectivity index (χ1) is 8.71. The fourth-order valence-corrected chi connectivity index (χ4v) is 3.86. The summed E-state index contributed by atoms with van der Waals surface area (Å²) in [5.41, 5.74) is 3.01. The molecule has 2 rings (SSSR count). The Morgan fingerprint density at radius 2 is 1.83 bits per heavy atom. The Morgan fingerprint density at radius 1 is 1.11 bits per heavy atom. The third-order valence-corrected chi connectivity index (χ3v) is 5.16. The second kappa shape index (κ2) is 6.18. The molecule has 1 saturated carbocycles. The molecule has 0 aromatic rings. The molecule has 3 heteroatoms. The lowest BCUT2D eigenvalue weighted by molar-refractivity contribution is 0.0772. The van der Waals surface area contributed by atoms with Crippen molar-refractivity contribution >= 4 is 0 Å². The van der Waals surface area contributed by atoms with E-state index in [4.69, 9.17) is 0 Å². The molecule has 2 aliphatic carbocycles. The van der Waals surface area contributed by atoms with E-state index in [1.165, 1.54) is 11.1 Å². The van der Waals surface area contributed by atoms with Gasteiger partial charge in [0.1, 0.15) is 0 Å². The average Bonchev–Trinajstić information content (AvgIpc) is 2.41. The van der Waals surface area contributed by atoms with E-state index in [2.05, 4.69) is 6.92 Å². The predicted octanol–water partition coefficient (Wildman–Crippen LogP) is 1.72. The summed E-state index contributed by atoms with van der Waals surface area (Å²) in [5, 5.41) is 28.1. The van der Waals surface area contributed by atoms with E-state index in [0.29, 0.717) is 24.4 Å². The van der Waals surface area contributed by atoms with E-state index in [1.807, 2.05) is 0 Å². The summed E-state index contributed by atoms with van der Waals surface area (Å²) in [5.74, 6) is 1.43. The van der Waals surface area contributed by atoms with Crippen LogP contribution in [0.1, 0.15) is 39.0 Å². The van der Waals surface area contributed by atoms with Crippen molar-refractivity contribution in [3.05, 3.63) is 11.1 Å². The van der Waals surface area contributed by atoms with E-state index in [9.17, 15) is 15.3 Å². The molecule has 0 heterocycles. The van der Waals surface area contributed by atoms with Gasteiger partial charge in [-0.05, 0) is 56.8 Å². The molecule has 1 fully saturated rings. The average molecular weight is 254 g/mol. The Labute approximate surface area is 110 Å². The molecule has 0 saturated heterocycles. The molecular weight excluding hydrogens is 228 g/mol. The molecule has 3 N–H and O–H groups in total. The van der Waals surface area contributed by atoms with Gasteiger partial charge in [0.25, 0.3) is 0 Å². The Hall–Kier alpha value is -0.380. The van der Waals surface area contributed by atoms with Crippen LogP contribution in [0.5, 0.6) is 0 Å². The summed E-state index contributed by atoms with van der Waals surface area (Å²) >= 11 is 0. The zero-order valence-electron chi connectivity index (χ0n) is 11.3. The van der Waals surface area contributed by atoms with Crippen LogP contribution in [0.4, 0.5) is 0 Å². The van der Waals surface area contributed by atoms with E-state index in [-0.39, 0.29) is 19.1 Å². The molecule has 3 unspecified atom stereocenters. The number of hydrogen-bond donors (Lipinski definition) is 3. The predicted molar refractivity (Wildman–Crippen MR) is 71.0 cm³/mol. The summed E-state index contributed by atoms with van der Waals surface area (Å²) in [4.78, 5) is 0.